The molecule has 2 aromatic heterocycles. The fourth-order valence-corrected chi connectivity index (χ4v) is 7.53. The molecule has 4 saturated carbocycles. The number of hydrogen-bond acceptors (Lipinski definition) is 6. The molecule has 0 aromatic carbocycles. The minimum atomic E-state index is 0.481. The van der Waals surface area contributed by atoms with Crippen LogP contribution < -0.4 is 0 Å². The van der Waals surface area contributed by atoms with Gasteiger partial charge in [0.2, 0.25) is 23.6 Å². The second kappa shape index (κ2) is 10.5. The molecule has 0 atom stereocenters. The molecule has 2 heterocycles. The molecule has 6 nitrogen and oxygen atoms in total. The summed E-state index contributed by atoms with van der Waals surface area (Å²) in [5, 5.41) is 17.9. The van der Waals surface area contributed by atoms with Gasteiger partial charge >= 0.3 is 0 Å². The molecular formula is C28H42N4O2. The molecule has 0 amide bonds. The minimum Gasteiger partial charge on any atom is -0.425 e. The van der Waals surface area contributed by atoms with Gasteiger partial charge < -0.3 is 8.83 Å². The Hall–Kier alpha value is -1.72. The van der Waals surface area contributed by atoms with Crippen molar-refractivity contribution < 1.29 is 8.83 Å². The highest BCUT2D eigenvalue weighted by atomic mass is 16.4. The molecule has 0 aliphatic heterocycles. The molecular weight excluding hydrogens is 424 g/mol. The van der Waals surface area contributed by atoms with Crippen LogP contribution in [0.15, 0.2) is 8.83 Å². The van der Waals surface area contributed by atoms with E-state index in [1.54, 1.807) is 0 Å². The fourth-order valence-electron chi connectivity index (χ4n) is 7.53. The molecule has 2 aromatic rings. The second-order valence-electron chi connectivity index (χ2n) is 11.9. The van der Waals surface area contributed by atoms with Crippen LogP contribution in [0.3, 0.4) is 0 Å². The van der Waals surface area contributed by atoms with Gasteiger partial charge in [0, 0.05) is 23.7 Å². The topological polar surface area (TPSA) is 77.8 Å². The van der Waals surface area contributed by atoms with Crippen molar-refractivity contribution in [1.29, 1.82) is 0 Å². The zero-order valence-corrected chi connectivity index (χ0v) is 20.8. The van der Waals surface area contributed by atoms with Crippen LogP contribution in [0.25, 0.3) is 0 Å². The lowest BCUT2D eigenvalue weighted by Gasteiger charge is -2.36. The van der Waals surface area contributed by atoms with Crippen LogP contribution in [-0.2, 0) is 0 Å². The Labute approximate surface area is 204 Å². The highest BCUT2D eigenvalue weighted by Gasteiger charge is 2.35. The lowest BCUT2D eigenvalue weighted by atomic mass is 9.69. The maximum atomic E-state index is 6.21. The molecule has 4 aliphatic rings. The summed E-state index contributed by atoms with van der Waals surface area (Å²) in [5.41, 5.74) is 0. The van der Waals surface area contributed by atoms with Gasteiger partial charge in [-0.05, 0) is 88.9 Å². The summed E-state index contributed by atoms with van der Waals surface area (Å²) in [6.45, 7) is 0. The van der Waals surface area contributed by atoms with Crippen molar-refractivity contribution in [3.63, 3.8) is 0 Å². The van der Waals surface area contributed by atoms with E-state index in [0.717, 1.165) is 35.4 Å². The van der Waals surface area contributed by atoms with Crippen molar-refractivity contribution in [2.45, 2.75) is 139 Å². The van der Waals surface area contributed by atoms with Gasteiger partial charge in [-0.1, -0.05) is 38.5 Å². The third-order valence-electron chi connectivity index (χ3n) is 9.73. The molecule has 6 heteroatoms. The predicted molar refractivity (Wildman–Crippen MR) is 130 cm³/mol. The third kappa shape index (κ3) is 4.97. The summed E-state index contributed by atoms with van der Waals surface area (Å²) >= 11 is 0. The van der Waals surface area contributed by atoms with E-state index in [1.807, 2.05) is 0 Å². The first-order valence-electron chi connectivity index (χ1n) is 14.5. The molecule has 0 radical (unpaired) electrons. The Morgan fingerprint density at radius 2 is 0.647 bits per heavy atom. The highest BCUT2D eigenvalue weighted by Crippen LogP contribution is 2.46. The van der Waals surface area contributed by atoms with E-state index in [9.17, 15) is 0 Å². The average Bonchev–Trinajstić information content (AvgIpc) is 3.61. The van der Waals surface area contributed by atoms with Crippen LogP contribution in [-0.4, -0.2) is 20.4 Å². The van der Waals surface area contributed by atoms with E-state index in [2.05, 4.69) is 20.4 Å². The van der Waals surface area contributed by atoms with E-state index in [4.69, 9.17) is 8.83 Å². The number of aromatic nitrogens is 4. The van der Waals surface area contributed by atoms with Crippen molar-refractivity contribution in [1.82, 2.24) is 20.4 Å². The van der Waals surface area contributed by atoms with E-state index in [-0.39, 0.29) is 0 Å². The van der Waals surface area contributed by atoms with E-state index in [0.29, 0.717) is 23.7 Å². The van der Waals surface area contributed by atoms with E-state index >= 15 is 0 Å². The number of hydrogen-bond donors (Lipinski definition) is 0. The summed E-state index contributed by atoms with van der Waals surface area (Å²) in [5.74, 6) is 7.39. The summed E-state index contributed by atoms with van der Waals surface area (Å²) in [7, 11) is 0. The van der Waals surface area contributed by atoms with Crippen molar-refractivity contribution in [2.75, 3.05) is 0 Å². The summed E-state index contributed by atoms with van der Waals surface area (Å²) in [6, 6.07) is 0. The van der Waals surface area contributed by atoms with Gasteiger partial charge in [-0.2, -0.15) is 0 Å². The molecule has 0 saturated heterocycles. The molecule has 0 unspecified atom stereocenters. The zero-order valence-electron chi connectivity index (χ0n) is 20.8. The Balaban J connectivity index is 0.973. The highest BCUT2D eigenvalue weighted by molar-refractivity contribution is 5.01. The lowest BCUT2D eigenvalue weighted by Crippen LogP contribution is -2.25. The Morgan fingerprint density at radius 1 is 0.353 bits per heavy atom. The molecule has 0 N–H and O–H groups in total. The van der Waals surface area contributed by atoms with Crippen molar-refractivity contribution in [3.8, 4) is 0 Å². The third-order valence-corrected chi connectivity index (χ3v) is 9.73. The van der Waals surface area contributed by atoms with Crippen LogP contribution in [0.4, 0.5) is 0 Å². The van der Waals surface area contributed by atoms with Gasteiger partial charge in [0.1, 0.15) is 0 Å². The SMILES string of the molecule is C1CCC(c2nnc(C3CCC(C4CCC(c5nnc(C6CCCCC6)o5)CC4)CC3)o2)CC1. The smallest absolute Gasteiger partial charge is 0.219 e. The van der Waals surface area contributed by atoms with Gasteiger partial charge in [-0.25, -0.2) is 0 Å². The normalized spacial score (nSPS) is 32.1. The average molecular weight is 467 g/mol. The van der Waals surface area contributed by atoms with Crippen LogP contribution in [0.2, 0.25) is 0 Å². The molecule has 34 heavy (non-hydrogen) atoms. The van der Waals surface area contributed by atoms with Crippen molar-refractivity contribution in [3.05, 3.63) is 23.6 Å². The standard InChI is InChI=1S/C28H42N4O2/c1-3-7-21(8-4-1)25-29-31-27(33-25)23-15-11-19(12-16-23)20-13-17-24(18-14-20)28-32-30-26(34-28)22-9-5-2-6-10-22/h19-24H,1-18H2. The molecule has 4 aliphatic carbocycles. The number of nitrogens with zero attached hydrogens (tertiary/aromatic N) is 4. The summed E-state index contributed by atoms with van der Waals surface area (Å²) in [4.78, 5) is 0. The molecule has 0 spiro atoms. The number of rotatable bonds is 5. The lowest BCUT2D eigenvalue weighted by molar-refractivity contribution is 0.163. The van der Waals surface area contributed by atoms with E-state index in [1.165, 1.54) is 116 Å². The van der Waals surface area contributed by atoms with Gasteiger partial charge in [-0.15, -0.1) is 20.4 Å². The first-order chi connectivity index (χ1) is 16.8. The van der Waals surface area contributed by atoms with Crippen LogP contribution in [0.1, 0.15) is 163 Å². The Kier molecular flexibility index (Phi) is 7.01. The fraction of sp³-hybridized carbons (Fsp3) is 0.857. The zero-order chi connectivity index (χ0) is 22.7. The largest absolute Gasteiger partial charge is 0.425 e. The quantitative estimate of drug-likeness (QED) is 0.447. The predicted octanol–water partition coefficient (Wildman–Crippen LogP) is 7.80. The molecule has 4 fully saturated rings. The minimum absolute atomic E-state index is 0.481. The van der Waals surface area contributed by atoms with Gasteiger partial charge in [0.15, 0.2) is 0 Å². The van der Waals surface area contributed by atoms with Crippen LogP contribution in [0, 0.1) is 11.8 Å². The molecule has 6 rings (SSSR count). The second-order valence-corrected chi connectivity index (χ2v) is 11.9. The Bertz CT molecular complexity index is 821. The van der Waals surface area contributed by atoms with E-state index < -0.39 is 0 Å². The van der Waals surface area contributed by atoms with Crippen molar-refractivity contribution >= 4 is 0 Å². The van der Waals surface area contributed by atoms with Crippen LogP contribution >= 0.6 is 0 Å². The molecule has 0 bridgehead atoms. The monoisotopic (exact) mass is 466 g/mol. The van der Waals surface area contributed by atoms with Crippen molar-refractivity contribution in [2.24, 2.45) is 11.8 Å². The maximum absolute atomic E-state index is 6.21. The summed E-state index contributed by atoms with van der Waals surface area (Å²) in [6.07, 6.45) is 23.0. The first kappa shape index (κ1) is 22.7. The van der Waals surface area contributed by atoms with Crippen LogP contribution in [0.5, 0.6) is 0 Å². The van der Waals surface area contributed by atoms with Gasteiger partial charge in [0.25, 0.3) is 0 Å². The maximum Gasteiger partial charge on any atom is 0.219 e. The Morgan fingerprint density at radius 3 is 0.971 bits per heavy atom. The first-order valence-corrected chi connectivity index (χ1v) is 14.5. The molecule has 186 valence electrons. The summed E-state index contributed by atoms with van der Waals surface area (Å²) < 4.78 is 12.4. The van der Waals surface area contributed by atoms with Gasteiger partial charge in [0.05, 0.1) is 0 Å². The van der Waals surface area contributed by atoms with Gasteiger partial charge in [-0.3, -0.25) is 0 Å².